The van der Waals surface area contributed by atoms with E-state index in [-0.39, 0.29) is 11.5 Å². The zero-order chi connectivity index (χ0) is 12.8. The van der Waals surface area contributed by atoms with Crippen molar-refractivity contribution in [3.8, 4) is 17.2 Å². The van der Waals surface area contributed by atoms with Gasteiger partial charge in [-0.3, -0.25) is 0 Å². The van der Waals surface area contributed by atoms with E-state index in [9.17, 15) is 9.90 Å². The van der Waals surface area contributed by atoms with Crippen molar-refractivity contribution in [2.24, 2.45) is 0 Å². The van der Waals surface area contributed by atoms with Gasteiger partial charge in [0.15, 0.2) is 11.5 Å². The number of aromatic hydroxyl groups is 1. The molecule has 1 rings (SSSR count). The lowest BCUT2D eigenvalue weighted by molar-refractivity contribution is 0.155. The van der Waals surface area contributed by atoms with Crippen molar-refractivity contribution in [3.63, 3.8) is 0 Å². The first-order valence-electron chi connectivity index (χ1n) is 5.46. The van der Waals surface area contributed by atoms with E-state index in [1.165, 1.54) is 24.1 Å². The second-order valence-corrected chi connectivity index (χ2v) is 3.37. The monoisotopic (exact) mass is 239 g/mol. The van der Waals surface area contributed by atoms with Gasteiger partial charge in [-0.15, -0.1) is 0 Å². The molecule has 0 aliphatic rings. The van der Waals surface area contributed by atoms with Gasteiger partial charge in [0, 0.05) is 19.2 Å². The zero-order valence-electron chi connectivity index (χ0n) is 10.3. The Labute approximate surface area is 101 Å². The van der Waals surface area contributed by atoms with Crippen molar-refractivity contribution in [2.45, 2.75) is 13.8 Å². The van der Waals surface area contributed by atoms with Gasteiger partial charge in [-0.2, -0.15) is 0 Å². The van der Waals surface area contributed by atoms with Crippen LogP contribution in [0.1, 0.15) is 13.8 Å². The molecule has 0 heterocycles. The molecule has 1 aromatic rings. The van der Waals surface area contributed by atoms with Crippen LogP contribution in [0.3, 0.4) is 0 Å². The van der Waals surface area contributed by atoms with Crippen molar-refractivity contribution < 1.29 is 19.4 Å². The lowest BCUT2D eigenvalue weighted by Crippen LogP contribution is -2.33. The summed E-state index contributed by atoms with van der Waals surface area (Å²) in [6, 6.07) is 4.50. The first kappa shape index (κ1) is 13.2. The summed E-state index contributed by atoms with van der Waals surface area (Å²) in [7, 11) is 1.50. The SMILES string of the molecule is CCN(CC)C(=O)Oc1ccc(OC)cc1O. The number of nitrogens with zero attached hydrogens (tertiary/aromatic N) is 1. The number of hydrogen-bond donors (Lipinski definition) is 1. The van der Waals surface area contributed by atoms with Crippen LogP contribution in [-0.4, -0.2) is 36.3 Å². The predicted octanol–water partition coefficient (Wildman–Crippen LogP) is 2.24. The largest absolute Gasteiger partial charge is 0.504 e. The molecule has 0 saturated carbocycles. The van der Waals surface area contributed by atoms with Gasteiger partial charge < -0.3 is 19.5 Å². The van der Waals surface area contributed by atoms with Crippen LogP contribution in [0.5, 0.6) is 17.2 Å². The van der Waals surface area contributed by atoms with Crippen LogP contribution in [0.4, 0.5) is 4.79 Å². The number of phenols is 1. The van der Waals surface area contributed by atoms with Crippen LogP contribution in [0, 0.1) is 0 Å². The number of phenolic OH excluding ortho intramolecular Hbond substituents is 1. The second kappa shape index (κ2) is 5.98. The molecule has 1 amide bonds. The molecule has 0 fully saturated rings. The van der Waals surface area contributed by atoms with Crippen LogP contribution < -0.4 is 9.47 Å². The number of amides is 1. The summed E-state index contributed by atoms with van der Waals surface area (Å²) in [5.74, 6) is 0.512. The van der Waals surface area contributed by atoms with Gasteiger partial charge >= 0.3 is 6.09 Å². The summed E-state index contributed by atoms with van der Waals surface area (Å²) < 4.78 is 10.0. The van der Waals surface area contributed by atoms with Crippen molar-refractivity contribution in [2.75, 3.05) is 20.2 Å². The van der Waals surface area contributed by atoms with Crippen LogP contribution in [0.2, 0.25) is 0 Å². The van der Waals surface area contributed by atoms with E-state index in [1.807, 2.05) is 13.8 Å². The molecule has 0 saturated heterocycles. The summed E-state index contributed by atoms with van der Waals surface area (Å²) in [6.07, 6.45) is -0.476. The van der Waals surface area contributed by atoms with Gasteiger partial charge in [0.05, 0.1) is 7.11 Å². The smallest absolute Gasteiger partial charge is 0.415 e. The first-order valence-corrected chi connectivity index (χ1v) is 5.46. The number of carbonyl (C=O) groups excluding carboxylic acids is 1. The predicted molar refractivity (Wildman–Crippen MR) is 63.6 cm³/mol. The van der Waals surface area contributed by atoms with Crippen molar-refractivity contribution >= 4 is 6.09 Å². The molecule has 5 nitrogen and oxygen atoms in total. The van der Waals surface area contributed by atoms with E-state index in [0.717, 1.165) is 0 Å². The Bertz CT molecular complexity index is 388. The molecule has 94 valence electrons. The van der Waals surface area contributed by atoms with E-state index in [1.54, 1.807) is 6.07 Å². The fourth-order valence-corrected chi connectivity index (χ4v) is 1.35. The number of carbonyl (C=O) groups is 1. The van der Waals surface area contributed by atoms with Crippen LogP contribution in [0.25, 0.3) is 0 Å². The third kappa shape index (κ3) is 3.27. The molecule has 0 aliphatic carbocycles. The maximum Gasteiger partial charge on any atom is 0.415 e. The van der Waals surface area contributed by atoms with E-state index in [2.05, 4.69) is 0 Å². The highest BCUT2D eigenvalue weighted by molar-refractivity contribution is 5.71. The third-order valence-corrected chi connectivity index (χ3v) is 2.39. The molecular formula is C12H17NO4. The summed E-state index contributed by atoms with van der Waals surface area (Å²) in [4.78, 5) is 13.2. The van der Waals surface area contributed by atoms with Crippen molar-refractivity contribution in [1.29, 1.82) is 0 Å². The van der Waals surface area contributed by atoms with Gasteiger partial charge in [-0.05, 0) is 26.0 Å². The minimum Gasteiger partial charge on any atom is -0.504 e. The van der Waals surface area contributed by atoms with Crippen molar-refractivity contribution in [3.05, 3.63) is 18.2 Å². The van der Waals surface area contributed by atoms with Crippen LogP contribution in [0.15, 0.2) is 18.2 Å². The third-order valence-electron chi connectivity index (χ3n) is 2.39. The molecule has 0 aliphatic heterocycles. The van der Waals surface area contributed by atoms with Crippen molar-refractivity contribution in [1.82, 2.24) is 4.90 Å². The molecule has 1 aromatic carbocycles. The highest BCUT2D eigenvalue weighted by atomic mass is 16.6. The Kier molecular flexibility index (Phi) is 4.63. The molecule has 0 atom stereocenters. The van der Waals surface area contributed by atoms with E-state index in [0.29, 0.717) is 18.8 Å². The molecule has 0 spiro atoms. The lowest BCUT2D eigenvalue weighted by Gasteiger charge is -2.18. The Morgan fingerprint density at radius 1 is 1.35 bits per heavy atom. The van der Waals surface area contributed by atoms with Crippen LogP contribution >= 0.6 is 0 Å². The van der Waals surface area contributed by atoms with Gasteiger partial charge in [-0.25, -0.2) is 4.79 Å². The summed E-state index contributed by atoms with van der Waals surface area (Å²) in [6.45, 7) is 4.84. The van der Waals surface area contributed by atoms with Gasteiger partial charge in [-0.1, -0.05) is 0 Å². The Morgan fingerprint density at radius 3 is 2.47 bits per heavy atom. The minimum atomic E-state index is -0.476. The topological polar surface area (TPSA) is 59.0 Å². The first-order chi connectivity index (χ1) is 8.12. The Morgan fingerprint density at radius 2 is 2.00 bits per heavy atom. The van der Waals surface area contributed by atoms with Gasteiger partial charge in [0.1, 0.15) is 5.75 Å². The molecule has 17 heavy (non-hydrogen) atoms. The van der Waals surface area contributed by atoms with Crippen LogP contribution in [-0.2, 0) is 0 Å². The maximum absolute atomic E-state index is 11.6. The molecule has 5 heteroatoms. The zero-order valence-corrected chi connectivity index (χ0v) is 10.3. The van der Waals surface area contributed by atoms with Gasteiger partial charge in [0.2, 0.25) is 0 Å². The average molecular weight is 239 g/mol. The number of rotatable bonds is 4. The summed E-state index contributed by atoms with van der Waals surface area (Å²) >= 11 is 0. The Balaban J connectivity index is 2.78. The molecule has 0 bridgehead atoms. The normalized spacial score (nSPS) is 9.82. The van der Waals surface area contributed by atoms with Gasteiger partial charge in [0.25, 0.3) is 0 Å². The fraction of sp³-hybridized carbons (Fsp3) is 0.417. The molecule has 0 radical (unpaired) electrons. The van der Waals surface area contributed by atoms with E-state index >= 15 is 0 Å². The summed E-state index contributed by atoms with van der Waals surface area (Å²) in [5, 5.41) is 9.62. The molecule has 0 aromatic heterocycles. The summed E-state index contributed by atoms with van der Waals surface area (Å²) in [5.41, 5.74) is 0. The number of methoxy groups -OCH3 is 1. The quantitative estimate of drug-likeness (QED) is 0.875. The minimum absolute atomic E-state index is 0.121. The average Bonchev–Trinajstić information content (AvgIpc) is 2.33. The lowest BCUT2D eigenvalue weighted by atomic mass is 10.3. The Hall–Kier alpha value is -1.91. The van der Waals surface area contributed by atoms with E-state index in [4.69, 9.17) is 9.47 Å². The fourth-order valence-electron chi connectivity index (χ4n) is 1.35. The highest BCUT2D eigenvalue weighted by Crippen LogP contribution is 2.30. The molecular weight excluding hydrogens is 222 g/mol. The molecule has 0 unspecified atom stereocenters. The highest BCUT2D eigenvalue weighted by Gasteiger charge is 2.14. The van der Waals surface area contributed by atoms with E-state index < -0.39 is 6.09 Å². The molecule has 1 N–H and O–H groups in total. The maximum atomic E-state index is 11.6. The number of hydrogen-bond acceptors (Lipinski definition) is 4. The number of ether oxygens (including phenoxy) is 2. The second-order valence-electron chi connectivity index (χ2n) is 3.37. The standard InChI is InChI=1S/C12H17NO4/c1-4-13(5-2)12(15)17-11-7-6-9(16-3)8-10(11)14/h6-8,14H,4-5H2,1-3H3. The number of benzene rings is 1.